The Morgan fingerprint density at radius 2 is 1.94 bits per heavy atom. The van der Waals surface area contributed by atoms with Crippen LogP contribution in [0.5, 0.6) is 0 Å². The van der Waals surface area contributed by atoms with E-state index in [1.54, 1.807) is 0 Å². The van der Waals surface area contributed by atoms with E-state index in [1.807, 2.05) is 12.3 Å². The third kappa shape index (κ3) is 3.60. The fourth-order valence-electron chi connectivity index (χ4n) is 2.40. The molecule has 1 aromatic rings. The largest absolute Gasteiger partial charge is 0.384 e. The van der Waals surface area contributed by atoms with Gasteiger partial charge < -0.3 is 10.6 Å². The Bertz CT molecular complexity index is 341. The lowest BCUT2D eigenvalue weighted by Crippen LogP contribution is -2.46. The Hall–Kier alpha value is -1.29. The van der Waals surface area contributed by atoms with Gasteiger partial charge in [0.25, 0.3) is 0 Å². The van der Waals surface area contributed by atoms with Gasteiger partial charge >= 0.3 is 0 Å². The summed E-state index contributed by atoms with van der Waals surface area (Å²) in [4.78, 5) is 9.11. The van der Waals surface area contributed by atoms with Gasteiger partial charge in [-0.1, -0.05) is 19.8 Å². The first kappa shape index (κ1) is 13.1. The molecule has 1 saturated heterocycles. The highest BCUT2D eigenvalue weighted by atomic mass is 15.3. The number of unbranched alkanes of at least 4 members (excludes halogenated alkanes) is 2. The van der Waals surface area contributed by atoms with Crippen molar-refractivity contribution in [2.75, 3.05) is 43.4 Å². The van der Waals surface area contributed by atoms with Gasteiger partial charge in [0.05, 0.1) is 11.9 Å². The van der Waals surface area contributed by atoms with Crippen molar-refractivity contribution in [1.29, 1.82) is 0 Å². The van der Waals surface area contributed by atoms with Crippen LogP contribution < -0.4 is 10.6 Å². The van der Waals surface area contributed by atoms with Gasteiger partial charge in [-0.2, -0.15) is 0 Å². The second-order valence-corrected chi connectivity index (χ2v) is 4.98. The summed E-state index contributed by atoms with van der Waals surface area (Å²) in [7, 11) is 0. The maximum absolute atomic E-state index is 5.61. The first-order chi connectivity index (χ1) is 8.79. The molecule has 18 heavy (non-hydrogen) atoms. The van der Waals surface area contributed by atoms with Crippen molar-refractivity contribution < 1.29 is 0 Å². The van der Waals surface area contributed by atoms with E-state index < -0.39 is 0 Å². The first-order valence-electron chi connectivity index (χ1n) is 6.98. The normalized spacial score (nSPS) is 17.1. The van der Waals surface area contributed by atoms with Gasteiger partial charge in [0.1, 0.15) is 5.82 Å². The second kappa shape index (κ2) is 6.59. The van der Waals surface area contributed by atoms with Crippen LogP contribution in [0, 0.1) is 0 Å². The molecule has 0 aromatic carbocycles. The summed E-state index contributed by atoms with van der Waals surface area (Å²) < 4.78 is 0. The third-order valence-electron chi connectivity index (χ3n) is 3.59. The number of nitrogens with two attached hydrogens (primary N) is 1. The average Bonchev–Trinajstić information content (AvgIpc) is 2.41. The number of nitrogen functional groups attached to an aromatic ring is 1. The standard InChI is InChI=1S/C14H24N4/c1-2-3-4-7-17-8-10-18(11-9-17)13-5-6-14(15)16-12-13/h5-6,12H,2-4,7-11H2,1H3,(H2,15,16). The Kier molecular flexibility index (Phi) is 4.81. The topological polar surface area (TPSA) is 45.4 Å². The molecule has 100 valence electrons. The summed E-state index contributed by atoms with van der Waals surface area (Å²) in [6, 6.07) is 3.94. The maximum atomic E-state index is 5.61. The molecule has 0 aliphatic carbocycles. The molecule has 0 atom stereocenters. The number of rotatable bonds is 5. The van der Waals surface area contributed by atoms with Crippen LogP contribution in [0.15, 0.2) is 18.3 Å². The molecule has 0 radical (unpaired) electrons. The Morgan fingerprint density at radius 1 is 1.17 bits per heavy atom. The van der Waals surface area contributed by atoms with Crippen molar-refractivity contribution in [1.82, 2.24) is 9.88 Å². The Labute approximate surface area is 110 Å². The van der Waals surface area contributed by atoms with Crippen LogP contribution >= 0.6 is 0 Å². The number of aromatic nitrogens is 1. The smallest absolute Gasteiger partial charge is 0.123 e. The van der Waals surface area contributed by atoms with Crippen LogP contribution in [0.4, 0.5) is 11.5 Å². The molecular formula is C14H24N4. The molecule has 2 heterocycles. The van der Waals surface area contributed by atoms with Crippen LogP contribution in [0.25, 0.3) is 0 Å². The van der Waals surface area contributed by atoms with Crippen molar-refractivity contribution in [3.63, 3.8) is 0 Å². The van der Waals surface area contributed by atoms with Crippen LogP contribution in [-0.4, -0.2) is 42.6 Å². The van der Waals surface area contributed by atoms with E-state index in [1.165, 1.54) is 31.5 Å². The molecule has 0 amide bonds. The van der Waals surface area contributed by atoms with Gasteiger partial charge in [0.15, 0.2) is 0 Å². The number of pyridine rings is 1. The minimum atomic E-state index is 0.594. The molecule has 1 aliphatic rings. The van der Waals surface area contributed by atoms with E-state index in [0.717, 1.165) is 26.2 Å². The predicted octanol–water partition coefficient (Wildman–Crippen LogP) is 1.98. The van der Waals surface area contributed by atoms with Gasteiger partial charge in [-0.25, -0.2) is 4.98 Å². The van der Waals surface area contributed by atoms with E-state index in [9.17, 15) is 0 Å². The van der Waals surface area contributed by atoms with Crippen molar-refractivity contribution in [3.8, 4) is 0 Å². The zero-order chi connectivity index (χ0) is 12.8. The fourth-order valence-corrected chi connectivity index (χ4v) is 2.40. The van der Waals surface area contributed by atoms with E-state index in [0.29, 0.717) is 5.82 Å². The summed E-state index contributed by atoms with van der Waals surface area (Å²) in [6.07, 6.45) is 5.86. The number of hydrogen-bond acceptors (Lipinski definition) is 4. The van der Waals surface area contributed by atoms with Crippen molar-refractivity contribution in [2.24, 2.45) is 0 Å². The van der Waals surface area contributed by atoms with E-state index in [4.69, 9.17) is 5.73 Å². The van der Waals surface area contributed by atoms with E-state index in [2.05, 4.69) is 27.8 Å². The zero-order valence-corrected chi connectivity index (χ0v) is 11.3. The molecular weight excluding hydrogens is 224 g/mol. The molecule has 4 heteroatoms. The van der Waals surface area contributed by atoms with Gasteiger partial charge in [-0.3, -0.25) is 4.90 Å². The quantitative estimate of drug-likeness (QED) is 0.809. The lowest BCUT2D eigenvalue weighted by Gasteiger charge is -2.35. The van der Waals surface area contributed by atoms with Gasteiger partial charge in [-0.15, -0.1) is 0 Å². The number of piperazine rings is 1. The predicted molar refractivity (Wildman–Crippen MR) is 76.8 cm³/mol. The lowest BCUT2D eigenvalue weighted by atomic mass is 10.2. The molecule has 0 saturated carbocycles. The monoisotopic (exact) mass is 248 g/mol. The van der Waals surface area contributed by atoms with Crippen LogP contribution in [0.2, 0.25) is 0 Å². The summed E-state index contributed by atoms with van der Waals surface area (Å²) in [5.74, 6) is 0.594. The van der Waals surface area contributed by atoms with Crippen molar-refractivity contribution >= 4 is 11.5 Å². The molecule has 4 nitrogen and oxygen atoms in total. The van der Waals surface area contributed by atoms with Crippen molar-refractivity contribution in [2.45, 2.75) is 26.2 Å². The highest BCUT2D eigenvalue weighted by molar-refractivity contribution is 5.48. The Balaban J connectivity index is 1.77. The summed E-state index contributed by atoms with van der Waals surface area (Å²) in [6.45, 7) is 8.02. The zero-order valence-electron chi connectivity index (χ0n) is 11.3. The average molecular weight is 248 g/mol. The number of anilines is 2. The third-order valence-corrected chi connectivity index (χ3v) is 3.59. The fraction of sp³-hybridized carbons (Fsp3) is 0.643. The highest BCUT2D eigenvalue weighted by Gasteiger charge is 2.16. The summed E-state index contributed by atoms with van der Waals surface area (Å²) >= 11 is 0. The number of hydrogen-bond donors (Lipinski definition) is 1. The first-order valence-corrected chi connectivity index (χ1v) is 6.98. The van der Waals surface area contributed by atoms with Crippen LogP contribution in [0.1, 0.15) is 26.2 Å². The van der Waals surface area contributed by atoms with Gasteiger partial charge in [0.2, 0.25) is 0 Å². The highest BCUT2D eigenvalue weighted by Crippen LogP contribution is 2.16. The molecule has 0 bridgehead atoms. The molecule has 1 fully saturated rings. The lowest BCUT2D eigenvalue weighted by molar-refractivity contribution is 0.252. The van der Waals surface area contributed by atoms with Gasteiger partial charge in [0, 0.05) is 26.2 Å². The molecule has 0 spiro atoms. The van der Waals surface area contributed by atoms with E-state index >= 15 is 0 Å². The van der Waals surface area contributed by atoms with E-state index in [-0.39, 0.29) is 0 Å². The summed E-state index contributed by atoms with van der Waals surface area (Å²) in [5.41, 5.74) is 6.80. The Morgan fingerprint density at radius 3 is 2.56 bits per heavy atom. The maximum Gasteiger partial charge on any atom is 0.123 e. The molecule has 0 unspecified atom stereocenters. The molecule has 1 aromatic heterocycles. The molecule has 1 aliphatic heterocycles. The minimum absolute atomic E-state index is 0.594. The summed E-state index contributed by atoms with van der Waals surface area (Å²) in [5, 5.41) is 0. The van der Waals surface area contributed by atoms with Crippen LogP contribution in [0.3, 0.4) is 0 Å². The molecule has 2 rings (SSSR count). The van der Waals surface area contributed by atoms with Crippen molar-refractivity contribution in [3.05, 3.63) is 18.3 Å². The minimum Gasteiger partial charge on any atom is -0.384 e. The van der Waals surface area contributed by atoms with Gasteiger partial charge in [-0.05, 0) is 25.1 Å². The number of nitrogens with zero attached hydrogens (tertiary/aromatic N) is 3. The molecule has 2 N–H and O–H groups in total. The second-order valence-electron chi connectivity index (χ2n) is 4.98. The SMILES string of the molecule is CCCCCN1CCN(c2ccc(N)nc2)CC1. The van der Waals surface area contributed by atoms with Crippen LogP contribution in [-0.2, 0) is 0 Å².